The molecule has 0 bridgehead atoms. The number of carbonyl (C=O) groups is 1. The highest BCUT2D eigenvalue weighted by atomic mass is 32.2. The number of Topliss-reactive ketones (excluding diaryl/α,β-unsaturated/α-hetero) is 1. The normalized spacial score (nSPS) is 20.4. The highest BCUT2D eigenvalue weighted by Gasteiger charge is 2.27. The van der Waals surface area contributed by atoms with Crippen molar-refractivity contribution in [3.63, 3.8) is 0 Å². The maximum atomic E-state index is 13.1. The second kappa shape index (κ2) is 6.19. The molecule has 1 atom stereocenters. The molecule has 21 heavy (non-hydrogen) atoms. The van der Waals surface area contributed by atoms with Crippen LogP contribution in [0.3, 0.4) is 0 Å². The van der Waals surface area contributed by atoms with Crippen LogP contribution < -0.4 is 0 Å². The first-order chi connectivity index (χ1) is 9.77. The Morgan fingerprint density at radius 3 is 2.67 bits per heavy atom. The van der Waals surface area contributed by atoms with E-state index >= 15 is 0 Å². The van der Waals surface area contributed by atoms with Gasteiger partial charge in [0.05, 0.1) is 6.26 Å². The van der Waals surface area contributed by atoms with Gasteiger partial charge in [0, 0.05) is 25.1 Å². The predicted octanol–water partition coefficient (Wildman–Crippen LogP) is 2.21. The first kappa shape index (κ1) is 16.0. The number of ketones is 1. The van der Waals surface area contributed by atoms with Crippen LogP contribution >= 0.6 is 0 Å². The molecule has 1 fully saturated rings. The van der Waals surface area contributed by atoms with Crippen LogP contribution in [0.1, 0.15) is 29.6 Å². The Balaban J connectivity index is 2.03. The molecule has 1 aromatic rings. The van der Waals surface area contributed by atoms with Crippen LogP contribution in [0.2, 0.25) is 0 Å². The van der Waals surface area contributed by atoms with Gasteiger partial charge in [-0.2, -0.15) is 0 Å². The third kappa shape index (κ3) is 4.07. The lowest BCUT2D eigenvalue weighted by Gasteiger charge is -2.30. The fourth-order valence-corrected chi connectivity index (χ4v) is 3.49. The number of piperidine rings is 1. The first-order valence-electron chi connectivity index (χ1n) is 6.71. The minimum absolute atomic E-state index is 0.0888. The summed E-state index contributed by atoms with van der Waals surface area (Å²) in [5.74, 6) is -2.43. The largest absolute Gasteiger partial charge is 0.294 e. The van der Waals surface area contributed by atoms with E-state index in [1.165, 1.54) is 10.4 Å². The SMILES string of the molecule is CS(=O)(=O)N1CCCC(CC(=O)c2ccc(F)c(F)c2)C1. The fourth-order valence-electron chi connectivity index (χ4n) is 2.54. The summed E-state index contributed by atoms with van der Waals surface area (Å²) in [6, 6.07) is 3.05. The third-order valence-corrected chi connectivity index (χ3v) is 4.94. The Labute approximate surface area is 122 Å². The summed E-state index contributed by atoms with van der Waals surface area (Å²) < 4.78 is 50.4. The Morgan fingerprint density at radius 1 is 1.33 bits per heavy atom. The van der Waals surface area contributed by atoms with Gasteiger partial charge in [-0.05, 0) is 37.0 Å². The van der Waals surface area contributed by atoms with Crippen molar-refractivity contribution in [1.29, 1.82) is 0 Å². The van der Waals surface area contributed by atoms with Crippen molar-refractivity contribution in [3.05, 3.63) is 35.4 Å². The Morgan fingerprint density at radius 2 is 2.05 bits per heavy atom. The molecule has 4 nitrogen and oxygen atoms in total. The van der Waals surface area contributed by atoms with Gasteiger partial charge >= 0.3 is 0 Å². The average Bonchev–Trinajstić information content (AvgIpc) is 2.41. The Bertz CT molecular complexity index is 646. The molecule has 2 rings (SSSR count). The average molecular weight is 317 g/mol. The van der Waals surface area contributed by atoms with E-state index in [2.05, 4.69) is 0 Å². The van der Waals surface area contributed by atoms with Crippen molar-refractivity contribution in [2.75, 3.05) is 19.3 Å². The number of benzene rings is 1. The van der Waals surface area contributed by atoms with Crippen molar-refractivity contribution in [2.45, 2.75) is 19.3 Å². The summed E-state index contributed by atoms with van der Waals surface area (Å²) in [4.78, 5) is 12.1. The summed E-state index contributed by atoms with van der Waals surface area (Å²) in [6.07, 6.45) is 2.73. The molecule has 0 N–H and O–H groups in total. The van der Waals surface area contributed by atoms with Gasteiger partial charge in [-0.1, -0.05) is 0 Å². The summed E-state index contributed by atoms with van der Waals surface area (Å²) >= 11 is 0. The van der Waals surface area contributed by atoms with Crippen LogP contribution in [-0.4, -0.2) is 37.9 Å². The molecule has 1 aromatic carbocycles. The summed E-state index contributed by atoms with van der Waals surface area (Å²) in [7, 11) is -3.26. The quantitative estimate of drug-likeness (QED) is 0.800. The van der Waals surface area contributed by atoms with E-state index in [0.717, 1.165) is 24.8 Å². The van der Waals surface area contributed by atoms with E-state index in [-0.39, 0.29) is 23.7 Å². The van der Waals surface area contributed by atoms with Crippen molar-refractivity contribution in [3.8, 4) is 0 Å². The lowest BCUT2D eigenvalue weighted by molar-refractivity contribution is 0.0942. The zero-order valence-electron chi connectivity index (χ0n) is 11.7. The molecule has 1 saturated heterocycles. The zero-order valence-corrected chi connectivity index (χ0v) is 12.5. The molecule has 0 radical (unpaired) electrons. The Kier molecular flexibility index (Phi) is 4.73. The van der Waals surface area contributed by atoms with E-state index < -0.39 is 21.7 Å². The van der Waals surface area contributed by atoms with Crippen molar-refractivity contribution in [1.82, 2.24) is 4.31 Å². The molecule has 1 aliphatic heterocycles. The van der Waals surface area contributed by atoms with Gasteiger partial charge in [0.25, 0.3) is 0 Å². The second-order valence-electron chi connectivity index (χ2n) is 5.39. The highest BCUT2D eigenvalue weighted by Crippen LogP contribution is 2.23. The molecule has 116 valence electrons. The van der Waals surface area contributed by atoms with Crippen LogP contribution in [0.4, 0.5) is 8.78 Å². The molecule has 7 heteroatoms. The monoisotopic (exact) mass is 317 g/mol. The number of carbonyl (C=O) groups excluding carboxylic acids is 1. The van der Waals surface area contributed by atoms with Gasteiger partial charge in [-0.15, -0.1) is 0 Å². The maximum Gasteiger partial charge on any atom is 0.211 e. The molecule has 1 heterocycles. The number of nitrogens with zero attached hydrogens (tertiary/aromatic N) is 1. The number of sulfonamides is 1. The van der Waals surface area contributed by atoms with Crippen molar-refractivity contribution in [2.24, 2.45) is 5.92 Å². The standard InChI is InChI=1S/C14H17F2NO3S/c1-21(19,20)17-6-2-3-10(9-17)7-14(18)11-4-5-12(15)13(16)8-11/h4-5,8,10H,2-3,6-7,9H2,1H3. The minimum atomic E-state index is -3.26. The molecule has 0 saturated carbocycles. The van der Waals surface area contributed by atoms with E-state index in [4.69, 9.17) is 0 Å². The second-order valence-corrected chi connectivity index (χ2v) is 7.37. The Hall–Kier alpha value is -1.34. The van der Waals surface area contributed by atoms with E-state index in [0.29, 0.717) is 19.5 Å². The van der Waals surface area contributed by atoms with Gasteiger partial charge in [-0.25, -0.2) is 21.5 Å². The number of halogens is 2. The van der Waals surface area contributed by atoms with Crippen LogP contribution in [0.5, 0.6) is 0 Å². The van der Waals surface area contributed by atoms with Crippen LogP contribution in [0, 0.1) is 17.6 Å². The van der Waals surface area contributed by atoms with Gasteiger partial charge in [0.15, 0.2) is 17.4 Å². The molecule has 0 aliphatic carbocycles. The maximum absolute atomic E-state index is 13.1. The highest BCUT2D eigenvalue weighted by molar-refractivity contribution is 7.88. The number of rotatable bonds is 4. The smallest absolute Gasteiger partial charge is 0.211 e. The summed E-state index contributed by atoms with van der Waals surface area (Å²) in [6.45, 7) is 0.767. The van der Waals surface area contributed by atoms with Gasteiger partial charge in [0.1, 0.15) is 0 Å². The van der Waals surface area contributed by atoms with Gasteiger partial charge < -0.3 is 0 Å². The van der Waals surface area contributed by atoms with Crippen molar-refractivity contribution >= 4 is 15.8 Å². The number of hydrogen-bond donors (Lipinski definition) is 0. The van der Waals surface area contributed by atoms with Crippen molar-refractivity contribution < 1.29 is 22.0 Å². The minimum Gasteiger partial charge on any atom is -0.294 e. The molecular weight excluding hydrogens is 300 g/mol. The van der Waals surface area contributed by atoms with Crippen LogP contribution in [0.25, 0.3) is 0 Å². The summed E-state index contributed by atoms with van der Waals surface area (Å²) in [5.41, 5.74) is 0.116. The van der Waals surface area contributed by atoms with E-state index in [1.54, 1.807) is 0 Å². The predicted molar refractivity (Wildman–Crippen MR) is 74.4 cm³/mol. The molecule has 0 aromatic heterocycles. The number of hydrogen-bond acceptors (Lipinski definition) is 3. The van der Waals surface area contributed by atoms with Gasteiger partial charge in [-0.3, -0.25) is 4.79 Å². The van der Waals surface area contributed by atoms with E-state index in [1.807, 2.05) is 0 Å². The van der Waals surface area contributed by atoms with E-state index in [9.17, 15) is 22.0 Å². The first-order valence-corrected chi connectivity index (χ1v) is 8.55. The fraction of sp³-hybridized carbons (Fsp3) is 0.500. The molecular formula is C14H17F2NO3S. The topological polar surface area (TPSA) is 54.5 Å². The van der Waals surface area contributed by atoms with Crippen LogP contribution in [-0.2, 0) is 10.0 Å². The molecule has 0 spiro atoms. The molecule has 1 aliphatic rings. The summed E-state index contributed by atoms with van der Waals surface area (Å²) in [5, 5.41) is 0. The van der Waals surface area contributed by atoms with Crippen LogP contribution in [0.15, 0.2) is 18.2 Å². The lowest BCUT2D eigenvalue weighted by atomic mass is 9.92. The molecule has 0 amide bonds. The molecule has 1 unspecified atom stereocenters. The van der Waals surface area contributed by atoms with Gasteiger partial charge in [0.2, 0.25) is 10.0 Å². The zero-order chi connectivity index (χ0) is 15.6. The lowest BCUT2D eigenvalue weighted by Crippen LogP contribution is -2.39. The third-order valence-electron chi connectivity index (χ3n) is 3.67.